The molecule has 1 aromatic heterocycles. The minimum absolute atomic E-state index is 0.0675. The predicted octanol–water partition coefficient (Wildman–Crippen LogP) is 1.77. The van der Waals surface area contributed by atoms with Crippen LogP contribution in [0.25, 0.3) is 0 Å². The van der Waals surface area contributed by atoms with Crippen molar-refractivity contribution in [1.29, 1.82) is 0 Å². The fourth-order valence-corrected chi connectivity index (χ4v) is 4.03. The second-order valence-corrected chi connectivity index (χ2v) is 7.62. The molecule has 2 amide bonds. The van der Waals surface area contributed by atoms with E-state index >= 15 is 0 Å². The van der Waals surface area contributed by atoms with E-state index in [1.165, 1.54) is 5.56 Å². The van der Waals surface area contributed by atoms with Gasteiger partial charge in [-0.05, 0) is 23.3 Å². The van der Waals surface area contributed by atoms with Crippen LogP contribution in [-0.2, 0) is 22.7 Å². The molecule has 0 saturated carbocycles. The van der Waals surface area contributed by atoms with E-state index in [-0.39, 0.29) is 17.7 Å². The topological polar surface area (TPSA) is 56.8 Å². The molecule has 146 valence electrons. The van der Waals surface area contributed by atoms with Crippen LogP contribution < -0.4 is 0 Å². The van der Waals surface area contributed by atoms with Crippen molar-refractivity contribution in [2.45, 2.75) is 19.5 Å². The molecule has 1 unspecified atom stereocenters. The van der Waals surface area contributed by atoms with Gasteiger partial charge in [0.25, 0.3) is 0 Å². The standard InChI is InChI=1S/C22H26N4O2/c27-21-14-20(17-26(21)16-19-6-8-23-9-7-19)22(28)25-12-10-24(11-13-25)15-18-4-2-1-3-5-18/h1-9,20H,10-17H2. The Kier molecular flexibility index (Phi) is 5.67. The number of carbonyl (C=O) groups is 2. The van der Waals surface area contributed by atoms with Crippen molar-refractivity contribution in [1.82, 2.24) is 19.7 Å². The number of nitrogens with zero attached hydrogens (tertiary/aromatic N) is 4. The zero-order valence-electron chi connectivity index (χ0n) is 16.0. The molecule has 2 fully saturated rings. The minimum atomic E-state index is -0.213. The molecule has 0 bridgehead atoms. The van der Waals surface area contributed by atoms with Gasteiger partial charge in [-0.3, -0.25) is 19.5 Å². The number of amides is 2. The van der Waals surface area contributed by atoms with Gasteiger partial charge in [0.1, 0.15) is 0 Å². The molecule has 28 heavy (non-hydrogen) atoms. The number of hydrogen-bond donors (Lipinski definition) is 0. The van der Waals surface area contributed by atoms with E-state index < -0.39 is 0 Å². The molecule has 2 saturated heterocycles. The summed E-state index contributed by atoms with van der Waals surface area (Å²) in [7, 11) is 0. The quantitative estimate of drug-likeness (QED) is 0.796. The fourth-order valence-electron chi connectivity index (χ4n) is 4.03. The zero-order chi connectivity index (χ0) is 19.3. The summed E-state index contributed by atoms with van der Waals surface area (Å²) in [6.45, 7) is 5.22. The van der Waals surface area contributed by atoms with E-state index in [2.05, 4.69) is 34.1 Å². The number of pyridine rings is 1. The van der Waals surface area contributed by atoms with Crippen LogP contribution in [0.15, 0.2) is 54.9 Å². The summed E-state index contributed by atoms with van der Waals surface area (Å²) in [6, 6.07) is 14.2. The second-order valence-electron chi connectivity index (χ2n) is 7.62. The Morgan fingerprint density at radius 1 is 0.929 bits per heavy atom. The highest BCUT2D eigenvalue weighted by molar-refractivity contribution is 5.89. The molecular weight excluding hydrogens is 352 g/mol. The lowest BCUT2D eigenvalue weighted by Gasteiger charge is -2.36. The Morgan fingerprint density at radius 3 is 2.32 bits per heavy atom. The highest BCUT2D eigenvalue weighted by Gasteiger charge is 2.37. The van der Waals surface area contributed by atoms with Crippen LogP contribution in [-0.4, -0.2) is 64.2 Å². The van der Waals surface area contributed by atoms with Gasteiger partial charge < -0.3 is 9.80 Å². The van der Waals surface area contributed by atoms with E-state index in [0.717, 1.165) is 38.3 Å². The first-order valence-corrected chi connectivity index (χ1v) is 9.91. The zero-order valence-corrected chi connectivity index (χ0v) is 16.0. The molecule has 2 aliphatic rings. The minimum Gasteiger partial charge on any atom is -0.340 e. The maximum Gasteiger partial charge on any atom is 0.228 e. The van der Waals surface area contributed by atoms with Crippen LogP contribution in [0.4, 0.5) is 0 Å². The number of piperazine rings is 1. The van der Waals surface area contributed by atoms with Gasteiger partial charge in [0.15, 0.2) is 0 Å². The molecule has 6 nitrogen and oxygen atoms in total. The molecule has 2 aromatic rings. The Morgan fingerprint density at radius 2 is 1.61 bits per heavy atom. The number of benzene rings is 1. The molecule has 2 aliphatic heterocycles. The molecule has 4 rings (SSSR count). The SMILES string of the molecule is O=C1CC(C(=O)N2CCN(Cc3ccccc3)CC2)CN1Cc1ccncc1. The third kappa shape index (κ3) is 4.39. The van der Waals surface area contributed by atoms with Gasteiger partial charge in [-0.15, -0.1) is 0 Å². The van der Waals surface area contributed by atoms with Crippen molar-refractivity contribution < 1.29 is 9.59 Å². The Labute approximate surface area is 165 Å². The summed E-state index contributed by atoms with van der Waals surface area (Å²) in [4.78, 5) is 35.4. The predicted molar refractivity (Wildman–Crippen MR) is 106 cm³/mol. The molecule has 3 heterocycles. The molecular formula is C22H26N4O2. The molecule has 0 radical (unpaired) electrons. The van der Waals surface area contributed by atoms with Crippen LogP contribution in [0.5, 0.6) is 0 Å². The molecule has 6 heteroatoms. The maximum atomic E-state index is 12.9. The Hall–Kier alpha value is -2.73. The highest BCUT2D eigenvalue weighted by Crippen LogP contribution is 2.23. The molecule has 0 aliphatic carbocycles. The molecule has 0 spiro atoms. The summed E-state index contributed by atoms with van der Waals surface area (Å²) in [5.74, 6) is -0.0159. The largest absolute Gasteiger partial charge is 0.340 e. The lowest BCUT2D eigenvalue weighted by Crippen LogP contribution is -2.50. The average molecular weight is 378 g/mol. The van der Waals surface area contributed by atoms with Crippen LogP contribution in [0.2, 0.25) is 0 Å². The van der Waals surface area contributed by atoms with Gasteiger partial charge in [0, 0.05) is 64.6 Å². The smallest absolute Gasteiger partial charge is 0.228 e. The first kappa shape index (κ1) is 18.6. The molecule has 0 N–H and O–H groups in total. The first-order valence-electron chi connectivity index (χ1n) is 9.91. The van der Waals surface area contributed by atoms with Crippen LogP contribution in [0, 0.1) is 5.92 Å². The van der Waals surface area contributed by atoms with Crippen molar-refractivity contribution >= 4 is 11.8 Å². The lowest BCUT2D eigenvalue weighted by atomic mass is 10.1. The highest BCUT2D eigenvalue weighted by atomic mass is 16.2. The average Bonchev–Trinajstić information content (AvgIpc) is 3.10. The number of hydrogen-bond acceptors (Lipinski definition) is 4. The Balaban J connectivity index is 1.28. The van der Waals surface area contributed by atoms with Crippen LogP contribution in [0.3, 0.4) is 0 Å². The van der Waals surface area contributed by atoms with Crippen LogP contribution >= 0.6 is 0 Å². The summed E-state index contributed by atoms with van der Waals surface area (Å²) < 4.78 is 0. The normalized spacial score (nSPS) is 20.6. The van der Waals surface area contributed by atoms with E-state index in [4.69, 9.17) is 0 Å². The summed E-state index contributed by atoms with van der Waals surface area (Å²) in [6.07, 6.45) is 3.79. The van der Waals surface area contributed by atoms with Gasteiger partial charge in [0.2, 0.25) is 11.8 Å². The van der Waals surface area contributed by atoms with E-state index in [9.17, 15) is 9.59 Å². The summed E-state index contributed by atoms with van der Waals surface area (Å²) in [5, 5.41) is 0. The van der Waals surface area contributed by atoms with Gasteiger partial charge in [-0.1, -0.05) is 30.3 Å². The van der Waals surface area contributed by atoms with Crippen molar-refractivity contribution in [3.63, 3.8) is 0 Å². The summed E-state index contributed by atoms with van der Waals surface area (Å²) >= 11 is 0. The lowest BCUT2D eigenvalue weighted by molar-refractivity contribution is -0.137. The van der Waals surface area contributed by atoms with Crippen molar-refractivity contribution in [2.75, 3.05) is 32.7 Å². The van der Waals surface area contributed by atoms with Crippen molar-refractivity contribution in [3.8, 4) is 0 Å². The van der Waals surface area contributed by atoms with Crippen molar-refractivity contribution in [3.05, 3.63) is 66.0 Å². The molecule has 1 atom stereocenters. The second kappa shape index (κ2) is 8.52. The maximum absolute atomic E-state index is 12.9. The van der Waals surface area contributed by atoms with Gasteiger partial charge in [-0.2, -0.15) is 0 Å². The number of likely N-dealkylation sites (tertiary alicyclic amines) is 1. The van der Waals surface area contributed by atoms with E-state index in [1.807, 2.05) is 23.1 Å². The number of carbonyl (C=O) groups excluding carboxylic acids is 2. The van der Waals surface area contributed by atoms with Gasteiger partial charge in [-0.25, -0.2) is 0 Å². The van der Waals surface area contributed by atoms with E-state index in [0.29, 0.717) is 19.5 Å². The Bertz CT molecular complexity index is 804. The third-order valence-corrected chi connectivity index (χ3v) is 5.62. The monoisotopic (exact) mass is 378 g/mol. The third-order valence-electron chi connectivity index (χ3n) is 5.62. The summed E-state index contributed by atoms with van der Waals surface area (Å²) in [5.41, 5.74) is 2.35. The number of rotatable bonds is 5. The fraction of sp³-hybridized carbons (Fsp3) is 0.409. The van der Waals surface area contributed by atoms with Crippen molar-refractivity contribution in [2.24, 2.45) is 5.92 Å². The van der Waals surface area contributed by atoms with Gasteiger partial charge >= 0.3 is 0 Å². The van der Waals surface area contributed by atoms with Crippen LogP contribution in [0.1, 0.15) is 17.5 Å². The first-order chi connectivity index (χ1) is 13.7. The van der Waals surface area contributed by atoms with E-state index in [1.54, 1.807) is 17.3 Å². The molecule has 1 aromatic carbocycles. The number of aromatic nitrogens is 1. The van der Waals surface area contributed by atoms with Gasteiger partial charge in [0.05, 0.1) is 5.92 Å².